The molecule has 2 heterocycles. The Balaban J connectivity index is 2.05. The molecule has 0 aliphatic carbocycles. The maximum absolute atomic E-state index is 5.71. The third-order valence-electron chi connectivity index (χ3n) is 2.55. The van der Waals surface area contributed by atoms with Crippen LogP contribution in [0.1, 0.15) is 17.0 Å². The van der Waals surface area contributed by atoms with E-state index in [0.717, 1.165) is 22.8 Å². The van der Waals surface area contributed by atoms with Crippen LogP contribution in [-0.4, -0.2) is 9.97 Å². The highest BCUT2D eigenvalue weighted by atomic mass is 15.0. The first-order valence-corrected chi connectivity index (χ1v) is 5.53. The molecule has 0 aromatic carbocycles. The SMILES string of the molecule is Cc1cccc(CNc2cc(C)c(N)cn2)n1. The van der Waals surface area contributed by atoms with Crippen molar-refractivity contribution in [1.82, 2.24) is 9.97 Å². The van der Waals surface area contributed by atoms with Gasteiger partial charge in [0.2, 0.25) is 0 Å². The van der Waals surface area contributed by atoms with Crippen LogP contribution in [0, 0.1) is 13.8 Å². The fourth-order valence-electron chi connectivity index (χ4n) is 1.54. The average molecular weight is 228 g/mol. The van der Waals surface area contributed by atoms with E-state index in [-0.39, 0.29) is 0 Å². The van der Waals surface area contributed by atoms with E-state index in [1.165, 1.54) is 0 Å². The number of nitrogens with two attached hydrogens (primary N) is 1. The first-order chi connectivity index (χ1) is 8.15. The number of nitrogen functional groups attached to an aromatic ring is 1. The van der Waals surface area contributed by atoms with Crippen LogP contribution in [0.15, 0.2) is 30.5 Å². The second kappa shape index (κ2) is 4.82. The van der Waals surface area contributed by atoms with Crippen molar-refractivity contribution in [3.8, 4) is 0 Å². The topological polar surface area (TPSA) is 63.8 Å². The lowest BCUT2D eigenvalue weighted by Crippen LogP contribution is -2.04. The highest BCUT2D eigenvalue weighted by molar-refractivity contribution is 5.50. The van der Waals surface area contributed by atoms with E-state index in [1.54, 1.807) is 6.20 Å². The third-order valence-corrected chi connectivity index (χ3v) is 2.55. The van der Waals surface area contributed by atoms with Gasteiger partial charge >= 0.3 is 0 Å². The summed E-state index contributed by atoms with van der Waals surface area (Å²) in [5, 5.41) is 3.23. The maximum Gasteiger partial charge on any atom is 0.126 e. The fourth-order valence-corrected chi connectivity index (χ4v) is 1.54. The Hall–Kier alpha value is -2.10. The van der Waals surface area contributed by atoms with Gasteiger partial charge in [-0.1, -0.05) is 6.07 Å². The molecule has 0 fully saturated rings. The van der Waals surface area contributed by atoms with Crippen molar-refractivity contribution in [3.05, 3.63) is 47.4 Å². The Labute approximate surface area is 101 Å². The number of rotatable bonds is 3. The summed E-state index contributed by atoms with van der Waals surface area (Å²) in [5.74, 6) is 0.819. The van der Waals surface area contributed by atoms with Crippen molar-refractivity contribution in [3.63, 3.8) is 0 Å². The maximum atomic E-state index is 5.71. The molecule has 2 rings (SSSR count). The number of nitrogens with zero attached hydrogens (tertiary/aromatic N) is 2. The van der Waals surface area contributed by atoms with E-state index >= 15 is 0 Å². The van der Waals surface area contributed by atoms with Gasteiger partial charge in [-0.05, 0) is 37.6 Å². The molecule has 0 saturated heterocycles. The molecule has 88 valence electrons. The van der Waals surface area contributed by atoms with Gasteiger partial charge in [0.15, 0.2) is 0 Å². The summed E-state index contributed by atoms with van der Waals surface area (Å²) >= 11 is 0. The van der Waals surface area contributed by atoms with Crippen LogP contribution in [0.3, 0.4) is 0 Å². The van der Waals surface area contributed by atoms with Crippen molar-refractivity contribution in [2.45, 2.75) is 20.4 Å². The van der Waals surface area contributed by atoms with Crippen LogP contribution < -0.4 is 11.1 Å². The molecule has 17 heavy (non-hydrogen) atoms. The van der Waals surface area contributed by atoms with Gasteiger partial charge in [-0.3, -0.25) is 4.98 Å². The van der Waals surface area contributed by atoms with Gasteiger partial charge in [-0.2, -0.15) is 0 Å². The molecule has 2 aromatic heterocycles. The van der Waals surface area contributed by atoms with E-state index < -0.39 is 0 Å². The second-order valence-corrected chi connectivity index (χ2v) is 4.05. The Kier molecular flexibility index (Phi) is 3.23. The smallest absolute Gasteiger partial charge is 0.126 e. The summed E-state index contributed by atoms with van der Waals surface area (Å²) in [6.07, 6.45) is 1.67. The molecule has 0 saturated carbocycles. The van der Waals surface area contributed by atoms with Gasteiger partial charge in [-0.25, -0.2) is 4.98 Å². The number of aromatic nitrogens is 2. The van der Waals surface area contributed by atoms with Crippen LogP contribution >= 0.6 is 0 Å². The Morgan fingerprint density at radius 2 is 2.12 bits per heavy atom. The molecule has 0 radical (unpaired) electrons. The second-order valence-electron chi connectivity index (χ2n) is 4.05. The van der Waals surface area contributed by atoms with Crippen molar-refractivity contribution in [2.24, 2.45) is 0 Å². The summed E-state index contributed by atoms with van der Waals surface area (Å²) in [5.41, 5.74) is 9.47. The van der Waals surface area contributed by atoms with Crippen LogP contribution in [0.2, 0.25) is 0 Å². The third kappa shape index (κ3) is 2.93. The highest BCUT2D eigenvalue weighted by Crippen LogP contribution is 2.13. The number of aryl methyl sites for hydroxylation is 2. The minimum Gasteiger partial charge on any atom is -0.397 e. The summed E-state index contributed by atoms with van der Waals surface area (Å²) in [6.45, 7) is 4.61. The monoisotopic (exact) mass is 228 g/mol. The van der Waals surface area contributed by atoms with Gasteiger partial charge in [0, 0.05) is 5.69 Å². The van der Waals surface area contributed by atoms with Crippen LogP contribution in [-0.2, 0) is 6.54 Å². The highest BCUT2D eigenvalue weighted by Gasteiger charge is 1.99. The molecule has 0 aliphatic rings. The van der Waals surface area contributed by atoms with E-state index in [1.807, 2.05) is 38.1 Å². The number of anilines is 2. The number of nitrogens with one attached hydrogen (secondary N) is 1. The lowest BCUT2D eigenvalue weighted by molar-refractivity contribution is 1.00. The largest absolute Gasteiger partial charge is 0.397 e. The minimum atomic E-state index is 0.665. The van der Waals surface area contributed by atoms with Gasteiger partial charge in [-0.15, -0.1) is 0 Å². The van der Waals surface area contributed by atoms with E-state index in [9.17, 15) is 0 Å². The zero-order valence-corrected chi connectivity index (χ0v) is 10.1. The van der Waals surface area contributed by atoms with Crippen LogP contribution in [0.4, 0.5) is 11.5 Å². The summed E-state index contributed by atoms with van der Waals surface area (Å²) in [4.78, 5) is 8.63. The summed E-state index contributed by atoms with van der Waals surface area (Å²) in [7, 11) is 0. The molecule has 0 aliphatic heterocycles. The summed E-state index contributed by atoms with van der Waals surface area (Å²) in [6, 6.07) is 7.91. The lowest BCUT2D eigenvalue weighted by atomic mass is 10.2. The van der Waals surface area contributed by atoms with Gasteiger partial charge in [0.1, 0.15) is 5.82 Å². The molecule has 0 amide bonds. The first-order valence-electron chi connectivity index (χ1n) is 5.53. The average Bonchev–Trinajstić information content (AvgIpc) is 2.31. The Morgan fingerprint density at radius 3 is 2.82 bits per heavy atom. The molecule has 4 nitrogen and oxygen atoms in total. The fraction of sp³-hybridized carbons (Fsp3) is 0.231. The van der Waals surface area contributed by atoms with Gasteiger partial charge in [0.25, 0.3) is 0 Å². The van der Waals surface area contributed by atoms with E-state index in [0.29, 0.717) is 12.2 Å². The number of pyridine rings is 2. The summed E-state index contributed by atoms with van der Waals surface area (Å²) < 4.78 is 0. The quantitative estimate of drug-likeness (QED) is 0.846. The predicted octanol–water partition coefficient (Wildman–Crippen LogP) is 2.29. The Morgan fingerprint density at radius 1 is 1.29 bits per heavy atom. The first kappa shape index (κ1) is 11.4. The zero-order valence-electron chi connectivity index (χ0n) is 10.1. The van der Waals surface area contributed by atoms with Crippen molar-refractivity contribution >= 4 is 11.5 Å². The van der Waals surface area contributed by atoms with Crippen molar-refractivity contribution in [1.29, 1.82) is 0 Å². The number of hydrogen-bond acceptors (Lipinski definition) is 4. The molecule has 4 heteroatoms. The molecular weight excluding hydrogens is 212 g/mol. The van der Waals surface area contributed by atoms with E-state index in [2.05, 4.69) is 15.3 Å². The van der Waals surface area contributed by atoms with Crippen LogP contribution in [0.5, 0.6) is 0 Å². The molecule has 2 aromatic rings. The minimum absolute atomic E-state index is 0.665. The molecule has 0 unspecified atom stereocenters. The molecular formula is C13H16N4. The van der Waals surface area contributed by atoms with Crippen LogP contribution in [0.25, 0.3) is 0 Å². The lowest BCUT2D eigenvalue weighted by Gasteiger charge is -2.07. The van der Waals surface area contributed by atoms with Gasteiger partial charge < -0.3 is 11.1 Å². The zero-order chi connectivity index (χ0) is 12.3. The standard InChI is InChI=1S/C13H16N4/c1-9-6-13(16-8-12(9)14)15-7-11-5-3-4-10(2)17-11/h3-6,8H,7,14H2,1-2H3,(H,15,16). The van der Waals surface area contributed by atoms with Crippen molar-refractivity contribution in [2.75, 3.05) is 11.1 Å². The molecule has 3 N–H and O–H groups in total. The molecule has 0 spiro atoms. The van der Waals surface area contributed by atoms with Gasteiger partial charge in [0.05, 0.1) is 24.1 Å². The molecule has 0 atom stereocenters. The molecule has 0 bridgehead atoms. The number of hydrogen-bond donors (Lipinski definition) is 2. The predicted molar refractivity (Wildman–Crippen MR) is 69.7 cm³/mol. The van der Waals surface area contributed by atoms with Crippen molar-refractivity contribution < 1.29 is 0 Å². The Bertz CT molecular complexity index is 523. The van der Waals surface area contributed by atoms with E-state index in [4.69, 9.17) is 5.73 Å². The normalized spacial score (nSPS) is 10.2.